The zero-order chi connectivity index (χ0) is 18.6. The quantitative estimate of drug-likeness (QED) is 0.494. The van der Waals surface area contributed by atoms with E-state index in [9.17, 15) is 0 Å². The zero-order valence-corrected chi connectivity index (χ0v) is 15.2. The molecule has 0 aliphatic rings. The maximum Gasteiger partial charge on any atom is 0.137 e. The van der Waals surface area contributed by atoms with E-state index in [-0.39, 0.29) is 0 Å². The summed E-state index contributed by atoms with van der Waals surface area (Å²) in [7, 11) is 3.30. The van der Waals surface area contributed by atoms with Crippen LogP contribution >= 0.6 is 0 Å². The van der Waals surface area contributed by atoms with E-state index in [0.717, 1.165) is 44.8 Å². The third-order valence-corrected chi connectivity index (χ3v) is 4.33. The van der Waals surface area contributed by atoms with Gasteiger partial charge in [0.05, 0.1) is 25.3 Å². The van der Waals surface area contributed by atoms with Gasteiger partial charge in [-0.25, -0.2) is 4.99 Å². The van der Waals surface area contributed by atoms with Gasteiger partial charge in [-0.15, -0.1) is 0 Å². The molecule has 0 atom stereocenters. The number of benzene rings is 3. The predicted octanol–water partition coefficient (Wildman–Crippen LogP) is 5.35. The van der Waals surface area contributed by atoms with E-state index in [1.54, 1.807) is 14.2 Å². The molecule has 27 heavy (non-hydrogen) atoms. The highest BCUT2D eigenvalue weighted by Crippen LogP contribution is 2.25. The van der Waals surface area contributed by atoms with Gasteiger partial charge in [0.2, 0.25) is 0 Å². The Morgan fingerprint density at radius 3 is 2.15 bits per heavy atom. The van der Waals surface area contributed by atoms with Crippen LogP contribution in [0.2, 0.25) is 0 Å². The summed E-state index contributed by atoms with van der Waals surface area (Å²) in [6.07, 6.45) is 0. The summed E-state index contributed by atoms with van der Waals surface area (Å²) in [5.74, 6) is 2.32. The molecule has 0 radical (unpaired) electrons. The smallest absolute Gasteiger partial charge is 0.137 e. The Morgan fingerprint density at radius 2 is 1.44 bits per heavy atom. The molecule has 0 saturated heterocycles. The Labute approximate surface area is 157 Å². The van der Waals surface area contributed by atoms with Crippen molar-refractivity contribution in [1.82, 2.24) is 0 Å². The van der Waals surface area contributed by atoms with Crippen LogP contribution in [0, 0.1) is 0 Å². The minimum absolute atomic E-state index is 0.754. The van der Waals surface area contributed by atoms with Crippen molar-refractivity contribution in [3.05, 3.63) is 84.2 Å². The highest BCUT2D eigenvalue weighted by molar-refractivity contribution is 5.80. The fraction of sp³-hybridized carbons (Fsp3) is 0.0870. The lowest BCUT2D eigenvalue weighted by Crippen LogP contribution is -2.03. The lowest BCUT2D eigenvalue weighted by Gasteiger charge is -2.07. The SMILES string of the molecule is COc1ccc(N=c2cc(-c3ccccc3)oc3ccc(OC)cc23)cc1. The average molecular weight is 357 g/mol. The van der Waals surface area contributed by atoms with Crippen LogP contribution in [-0.2, 0) is 0 Å². The van der Waals surface area contributed by atoms with Gasteiger partial charge in [0.15, 0.2) is 0 Å². The molecular formula is C23H19NO3. The first kappa shape index (κ1) is 16.9. The van der Waals surface area contributed by atoms with Gasteiger partial charge in [-0.05, 0) is 42.5 Å². The van der Waals surface area contributed by atoms with E-state index >= 15 is 0 Å². The standard InChI is InChI=1S/C23H19NO3/c1-25-18-10-8-17(9-11-18)24-21-15-23(16-6-4-3-5-7-16)27-22-13-12-19(26-2)14-20(21)22/h3-15H,1-2H3. The van der Waals surface area contributed by atoms with Gasteiger partial charge in [0, 0.05) is 17.0 Å². The summed E-state index contributed by atoms with van der Waals surface area (Å²) >= 11 is 0. The summed E-state index contributed by atoms with van der Waals surface area (Å²) in [6.45, 7) is 0. The van der Waals surface area contributed by atoms with Gasteiger partial charge in [-0.3, -0.25) is 0 Å². The topological polar surface area (TPSA) is 44.0 Å². The highest BCUT2D eigenvalue weighted by Gasteiger charge is 2.07. The molecule has 3 aromatic carbocycles. The van der Waals surface area contributed by atoms with Crippen molar-refractivity contribution in [2.45, 2.75) is 0 Å². The van der Waals surface area contributed by atoms with Crippen LogP contribution in [0.5, 0.6) is 11.5 Å². The van der Waals surface area contributed by atoms with Crippen LogP contribution in [0.1, 0.15) is 0 Å². The molecule has 0 spiro atoms. The Morgan fingerprint density at radius 1 is 0.741 bits per heavy atom. The van der Waals surface area contributed by atoms with Crippen molar-refractivity contribution in [2.24, 2.45) is 4.99 Å². The summed E-state index contributed by atoms with van der Waals surface area (Å²) in [5.41, 5.74) is 2.59. The van der Waals surface area contributed by atoms with Gasteiger partial charge in [0.25, 0.3) is 0 Å². The Bertz CT molecular complexity index is 1130. The second-order valence-corrected chi connectivity index (χ2v) is 6.03. The molecule has 4 heteroatoms. The van der Waals surface area contributed by atoms with E-state index < -0.39 is 0 Å². The molecule has 1 aromatic heterocycles. The Hall–Kier alpha value is -3.53. The molecule has 0 aliphatic carbocycles. The van der Waals surface area contributed by atoms with Crippen LogP contribution in [0.15, 0.2) is 88.3 Å². The number of hydrogen-bond donors (Lipinski definition) is 0. The Kier molecular flexibility index (Phi) is 4.62. The molecule has 0 saturated carbocycles. The molecule has 4 nitrogen and oxygen atoms in total. The number of hydrogen-bond acceptors (Lipinski definition) is 4. The molecule has 0 N–H and O–H groups in total. The summed E-state index contributed by atoms with van der Waals surface area (Å²) in [4.78, 5) is 4.84. The van der Waals surface area contributed by atoms with Crippen molar-refractivity contribution in [2.75, 3.05) is 14.2 Å². The molecule has 0 bridgehead atoms. The molecule has 0 unspecified atom stereocenters. The van der Waals surface area contributed by atoms with Crippen molar-refractivity contribution < 1.29 is 13.9 Å². The van der Waals surface area contributed by atoms with E-state index in [1.807, 2.05) is 78.9 Å². The second kappa shape index (κ2) is 7.38. The largest absolute Gasteiger partial charge is 0.497 e. The molecular weight excluding hydrogens is 338 g/mol. The maximum absolute atomic E-state index is 6.13. The highest BCUT2D eigenvalue weighted by atomic mass is 16.5. The van der Waals surface area contributed by atoms with Crippen LogP contribution < -0.4 is 14.8 Å². The molecule has 4 rings (SSSR count). The summed E-state index contributed by atoms with van der Waals surface area (Å²) < 4.78 is 16.7. The fourth-order valence-corrected chi connectivity index (χ4v) is 2.91. The van der Waals surface area contributed by atoms with Gasteiger partial charge in [-0.1, -0.05) is 30.3 Å². The first-order chi connectivity index (χ1) is 13.3. The van der Waals surface area contributed by atoms with Gasteiger partial charge in [0.1, 0.15) is 22.8 Å². The lowest BCUT2D eigenvalue weighted by molar-refractivity contribution is 0.415. The minimum atomic E-state index is 0.754. The fourth-order valence-electron chi connectivity index (χ4n) is 2.91. The molecule has 1 heterocycles. The normalized spacial score (nSPS) is 11.6. The van der Waals surface area contributed by atoms with Crippen LogP contribution in [0.25, 0.3) is 22.3 Å². The third kappa shape index (κ3) is 3.55. The average Bonchev–Trinajstić information content (AvgIpc) is 2.74. The third-order valence-electron chi connectivity index (χ3n) is 4.33. The number of methoxy groups -OCH3 is 2. The van der Waals surface area contributed by atoms with E-state index in [1.165, 1.54) is 0 Å². The molecule has 0 fully saturated rings. The van der Waals surface area contributed by atoms with Crippen molar-refractivity contribution in [3.8, 4) is 22.8 Å². The summed E-state index contributed by atoms with van der Waals surface area (Å²) in [6, 6.07) is 25.3. The first-order valence-corrected chi connectivity index (χ1v) is 8.63. The monoisotopic (exact) mass is 357 g/mol. The molecule has 0 aliphatic heterocycles. The molecule has 0 amide bonds. The number of ether oxygens (including phenoxy) is 2. The lowest BCUT2D eigenvalue weighted by atomic mass is 10.1. The predicted molar refractivity (Wildman–Crippen MR) is 106 cm³/mol. The van der Waals surface area contributed by atoms with Crippen molar-refractivity contribution in [3.63, 3.8) is 0 Å². The van der Waals surface area contributed by atoms with Crippen LogP contribution in [-0.4, -0.2) is 14.2 Å². The number of fused-ring (bicyclic) bond motifs is 1. The second-order valence-electron chi connectivity index (χ2n) is 6.03. The van der Waals surface area contributed by atoms with E-state index in [0.29, 0.717) is 0 Å². The number of nitrogens with zero attached hydrogens (tertiary/aromatic N) is 1. The van der Waals surface area contributed by atoms with Gasteiger partial charge >= 0.3 is 0 Å². The van der Waals surface area contributed by atoms with Crippen molar-refractivity contribution in [1.29, 1.82) is 0 Å². The molecule has 4 aromatic rings. The van der Waals surface area contributed by atoms with Crippen molar-refractivity contribution >= 4 is 16.7 Å². The zero-order valence-electron chi connectivity index (χ0n) is 15.2. The Balaban J connectivity index is 1.95. The number of rotatable bonds is 4. The first-order valence-electron chi connectivity index (χ1n) is 8.63. The summed E-state index contributed by atoms with van der Waals surface area (Å²) in [5, 5.41) is 1.71. The van der Waals surface area contributed by atoms with Crippen LogP contribution in [0.3, 0.4) is 0 Å². The van der Waals surface area contributed by atoms with E-state index in [2.05, 4.69) is 0 Å². The maximum atomic E-state index is 6.13. The van der Waals surface area contributed by atoms with E-state index in [4.69, 9.17) is 18.9 Å². The van der Waals surface area contributed by atoms with Gasteiger partial charge < -0.3 is 13.9 Å². The van der Waals surface area contributed by atoms with Crippen LogP contribution in [0.4, 0.5) is 5.69 Å². The molecule has 134 valence electrons. The van der Waals surface area contributed by atoms with Gasteiger partial charge in [-0.2, -0.15) is 0 Å². The minimum Gasteiger partial charge on any atom is -0.497 e.